The number of carboxylic acids is 1. The average molecular weight is 519 g/mol. The van der Waals surface area contributed by atoms with Crippen molar-refractivity contribution in [1.82, 2.24) is 5.32 Å². The molecule has 0 bridgehead atoms. The molecule has 0 spiro atoms. The molecule has 38 heavy (non-hydrogen) atoms. The molecule has 1 atom stereocenters. The van der Waals surface area contributed by atoms with E-state index in [9.17, 15) is 14.4 Å². The van der Waals surface area contributed by atoms with Gasteiger partial charge in [0.15, 0.2) is 0 Å². The lowest BCUT2D eigenvalue weighted by atomic mass is 9.90. The molecule has 1 aliphatic carbocycles. The molecule has 2 N–H and O–H groups in total. The van der Waals surface area contributed by atoms with Crippen molar-refractivity contribution in [2.75, 3.05) is 24.7 Å². The monoisotopic (exact) mass is 518 g/mol. The van der Waals surface area contributed by atoms with Crippen LogP contribution in [-0.2, 0) is 25.7 Å². The molecule has 0 fully saturated rings. The highest BCUT2D eigenvalue weighted by Crippen LogP contribution is 2.51. The summed E-state index contributed by atoms with van der Waals surface area (Å²) in [6.07, 6.45) is 2.50. The Morgan fingerprint density at radius 3 is 2.42 bits per heavy atom. The van der Waals surface area contributed by atoms with E-state index in [1.54, 1.807) is 0 Å². The minimum absolute atomic E-state index is 0.0314. The molecule has 0 aromatic heterocycles. The lowest BCUT2D eigenvalue weighted by Gasteiger charge is -2.29. The first-order valence-electron chi connectivity index (χ1n) is 13.2. The number of benzene rings is 2. The Kier molecular flexibility index (Phi) is 8.07. The van der Waals surface area contributed by atoms with Gasteiger partial charge in [-0.1, -0.05) is 76.2 Å². The summed E-state index contributed by atoms with van der Waals surface area (Å²) in [6, 6.07) is 16.2. The van der Waals surface area contributed by atoms with Crippen LogP contribution in [0.5, 0.6) is 0 Å². The minimum Gasteiger partial charge on any atom is -0.481 e. The largest absolute Gasteiger partial charge is 0.481 e. The van der Waals surface area contributed by atoms with E-state index in [1.807, 2.05) is 62.9 Å². The van der Waals surface area contributed by atoms with E-state index < -0.39 is 11.4 Å². The number of nitrogens with one attached hydrogen (secondary N) is 1. The molecule has 1 aliphatic heterocycles. The molecular formula is C31H38N2O5. The highest BCUT2D eigenvalue weighted by Gasteiger charge is 2.35. The summed E-state index contributed by atoms with van der Waals surface area (Å²) in [5.74, 6) is -0.873. The predicted molar refractivity (Wildman–Crippen MR) is 148 cm³/mol. The Balaban J connectivity index is 1.31. The van der Waals surface area contributed by atoms with Crippen LogP contribution < -0.4 is 10.2 Å². The van der Waals surface area contributed by atoms with Crippen LogP contribution in [0.2, 0.25) is 0 Å². The van der Waals surface area contributed by atoms with Gasteiger partial charge in [0, 0.05) is 36.4 Å². The van der Waals surface area contributed by atoms with Gasteiger partial charge in [0.2, 0.25) is 11.8 Å². The number of nitrogens with zero attached hydrogens (tertiary/aromatic N) is 1. The van der Waals surface area contributed by atoms with Gasteiger partial charge in [0.1, 0.15) is 0 Å². The van der Waals surface area contributed by atoms with Crippen LogP contribution in [0, 0.1) is 10.8 Å². The Labute approximate surface area is 224 Å². The van der Waals surface area contributed by atoms with Crippen molar-refractivity contribution in [3.8, 4) is 0 Å². The zero-order chi connectivity index (χ0) is 27.5. The lowest BCUT2D eigenvalue weighted by Crippen LogP contribution is -2.38. The number of amides is 2. The summed E-state index contributed by atoms with van der Waals surface area (Å²) in [4.78, 5) is 38.9. The third-order valence-electron chi connectivity index (χ3n) is 7.04. The Morgan fingerprint density at radius 1 is 0.974 bits per heavy atom. The molecule has 7 heteroatoms. The van der Waals surface area contributed by atoms with Gasteiger partial charge in [-0.25, -0.2) is 0 Å². The van der Waals surface area contributed by atoms with E-state index in [0.29, 0.717) is 26.3 Å². The number of ether oxygens (including phenoxy) is 1. The zero-order valence-corrected chi connectivity index (χ0v) is 22.8. The minimum atomic E-state index is -0.850. The number of aliphatic carboxylic acids is 1. The molecule has 2 aromatic carbocycles. The summed E-state index contributed by atoms with van der Waals surface area (Å²) < 4.78 is 5.79. The maximum absolute atomic E-state index is 13.4. The fourth-order valence-corrected chi connectivity index (χ4v) is 4.96. The SMILES string of the molecule is CC(C)(CNC(=O)CCC(=O)N1Cc2ccccc2C2=CC2c2ccccc21)COCC(C)(C)CC(=O)O. The van der Waals surface area contributed by atoms with Crippen molar-refractivity contribution in [2.45, 2.75) is 59.4 Å². The molecule has 202 valence electrons. The van der Waals surface area contributed by atoms with Crippen LogP contribution in [0.15, 0.2) is 54.6 Å². The number of hydrogen-bond donors (Lipinski definition) is 2. The second-order valence-electron chi connectivity index (χ2n) is 12.0. The first-order valence-corrected chi connectivity index (χ1v) is 13.2. The Bertz CT molecular complexity index is 1250. The third kappa shape index (κ3) is 6.90. The average Bonchev–Trinajstić information content (AvgIpc) is 3.63. The zero-order valence-electron chi connectivity index (χ0n) is 22.8. The molecular weight excluding hydrogens is 480 g/mol. The van der Waals surface area contributed by atoms with Crippen molar-refractivity contribution in [2.24, 2.45) is 10.8 Å². The Morgan fingerprint density at radius 2 is 1.66 bits per heavy atom. The smallest absolute Gasteiger partial charge is 0.303 e. The fraction of sp³-hybridized carbons (Fsp3) is 0.452. The number of carbonyl (C=O) groups excluding carboxylic acids is 2. The summed E-state index contributed by atoms with van der Waals surface area (Å²) in [5.41, 5.74) is 4.86. The van der Waals surface area contributed by atoms with Crippen molar-refractivity contribution in [1.29, 1.82) is 0 Å². The molecule has 1 heterocycles. The molecule has 1 unspecified atom stereocenters. The maximum Gasteiger partial charge on any atom is 0.303 e. The third-order valence-corrected chi connectivity index (χ3v) is 7.04. The summed E-state index contributed by atoms with van der Waals surface area (Å²) in [5, 5.41) is 12.0. The van der Waals surface area contributed by atoms with Crippen LogP contribution >= 0.6 is 0 Å². The lowest BCUT2D eigenvalue weighted by molar-refractivity contribution is -0.140. The number of para-hydroxylation sites is 1. The molecule has 2 amide bonds. The first kappa shape index (κ1) is 27.6. The van der Waals surface area contributed by atoms with Gasteiger partial charge < -0.3 is 20.1 Å². The van der Waals surface area contributed by atoms with Gasteiger partial charge in [-0.2, -0.15) is 0 Å². The highest BCUT2D eigenvalue weighted by molar-refractivity contribution is 5.99. The number of allylic oxidation sites excluding steroid dienone is 2. The topological polar surface area (TPSA) is 95.9 Å². The van der Waals surface area contributed by atoms with Gasteiger partial charge in [0.25, 0.3) is 0 Å². The number of fused-ring (bicyclic) bond motifs is 5. The van der Waals surface area contributed by atoms with E-state index in [4.69, 9.17) is 9.84 Å². The van der Waals surface area contributed by atoms with Crippen molar-refractivity contribution in [3.05, 3.63) is 71.3 Å². The second kappa shape index (κ2) is 11.1. The number of carbonyl (C=O) groups is 3. The summed E-state index contributed by atoms with van der Waals surface area (Å²) in [7, 11) is 0. The van der Waals surface area contributed by atoms with E-state index in [1.165, 1.54) is 11.1 Å². The van der Waals surface area contributed by atoms with E-state index in [2.05, 4.69) is 29.6 Å². The highest BCUT2D eigenvalue weighted by atomic mass is 16.5. The van der Waals surface area contributed by atoms with Gasteiger partial charge in [-0.05, 0) is 33.7 Å². The van der Waals surface area contributed by atoms with Gasteiger partial charge >= 0.3 is 5.97 Å². The number of anilines is 1. The second-order valence-corrected chi connectivity index (χ2v) is 12.0. The first-order chi connectivity index (χ1) is 18.0. The summed E-state index contributed by atoms with van der Waals surface area (Å²) in [6.45, 7) is 9.26. The Hall–Kier alpha value is -3.45. The van der Waals surface area contributed by atoms with Gasteiger partial charge in [-0.15, -0.1) is 0 Å². The van der Waals surface area contributed by atoms with Crippen molar-refractivity contribution < 1.29 is 24.2 Å². The molecule has 0 radical (unpaired) electrons. The maximum atomic E-state index is 13.4. The van der Waals surface area contributed by atoms with Gasteiger partial charge in [-0.3, -0.25) is 14.4 Å². The number of hydrogen-bond acceptors (Lipinski definition) is 4. The van der Waals surface area contributed by atoms with E-state index in [0.717, 1.165) is 16.8 Å². The van der Waals surface area contributed by atoms with Crippen LogP contribution in [0.1, 0.15) is 69.6 Å². The van der Waals surface area contributed by atoms with Crippen LogP contribution in [-0.4, -0.2) is 42.6 Å². The van der Waals surface area contributed by atoms with Crippen LogP contribution in [0.25, 0.3) is 5.57 Å². The molecule has 4 rings (SSSR count). The normalized spacial score (nSPS) is 16.3. The predicted octanol–water partition coefficient (Wildman–Crippen LogP) is 5.15. The number of carboxylic acid groups (broad SMARTS) is 1. The molecule has 2 aromatic rings. The standard InChI is InChI=1S/C31H38N2O5/c1-30(2,16-29(36)37)19-38-20-31(3,4)18-32-27(34)13-14-28(35)33-17-21-9-5-6-10-22(21)24-15-25(24)23-11-7-8-12-26(23)33/h5-12,15,25H,13-14,16-20H2,1-4H3,(H,32,34)(H,36,37). The quantitative estimate of drug-likeness (QED) is 0.429. The van der Waals surface area contributed by atoms with Crippen LogP contribution in [0.4, 0.5) is 5.69 Å². The van der Waals surface area contributed by atoms with E-state index in [-0.39, 0.29) is 42.4 Å². The summed E-state index contributed by atoms with van der Waals surface area (Å²) >= 11 is 0. The molecule has 2 aliphatic rings. The molecule has 0 saturated heterocycles. The fourth-order valence-electron chi connectivity index (χ4n) is 4.96. The molecule has 7 nitrogen and oxygen atoms in total. The van der Waals surface area contributed by atoms with Crippen molar-refractivity contribution in [3.63, 3.8) is 0 Å². The van der Waals surface area contributed by atoms with Gasteiger partial charge in [0.05, 0.1) is 26.2 Å². The molecule has 0 saturated carbocycles. The number of rotatable bonds is 11. The van der Waals surface area contributed by atoms with Crippen LogP contribution in [0.3, 0.4) is 0 Å². The van der Waals surface area contributed by atoms with Crippen molar-refractivity contribution >= 4 is 29.0 Å². The van der Waals surface area contributed by atoms with E-state index >= 15 is 0 Å².